The third kappa shape index (κ3) is 3.39. The molecule has 1 aromatic rings. The number of carbonyl (C=O) groups excluding carboxylic acids is 2. The second kappa shape index (κ2) is 5.94. The molecule has 98 valence electrons. The highest BCUT2D eigenvalue weighted by Crippen LogP contribution is 2.27. The van der Waals surface area contributed by atoms with E-state index >= 15 is 0 Å². The maximum Gasteiger partial charge on any atom is 0.227 e. The predicted octanol–water partition coefficient (Wildman–Crippen LogP) is 2.30. The van der Waals surface area contributed by atoms with Crippen LogP contribution in [0.2, 0.25) is 0 Å². The fourth-order valence-corrected chi connectivity index (χ4v) is 2.84. The zero-order chi connectivity index (χ0) is 13.8. The van der Waals surface area contributed by atoms with Crippen LogP contribution in [0.1, 0.15) is 18.9 Å². The van der Waals surface area contributed by atoms with E-state index < -0.39 is 0 Å². The fraction of sp³-hybridized carbons (Fsp3) is 0.333. The molecule has 1 amide bonds. The standard InChI is InChI=1S/C15H15NO2S/c1-3-12-5-4-6-14(7-12)16-9-13(8-15(16)18)10-19-11(2)17/h1,4-7,13H,8-10H2,2H3. The molecule has 0 N–H and O–H groups in total. The van der Waals surface area contributed by atoms with Crippen molar-refractivity contribution in [3.8, 4) is 12.3 Å². The van der Waals surface area contributed by atoms with E-state index in [4.69, 9.17) is 6.42 Å². The summed E-state index contributed by atoms with van der Waals surface area (Å²) in [6.45, 7) is 2.21. The fourth-order valence-electron chi connectivity index (χ4n) is 2.14. The lowest BCUT2D eigenvalue weighted by atomic mass is 10.1. The Morgan fingerprint density at radius 1 is 1.58 bits per heavy atom. The van der Waals surface area contributed by atoms with Crippen molar-refractivity contribution in [3.63, 3.8) is 0 Å². The molecule has 0 aliphatic carbocycles. The van der Waals surface area contributed by atoms with Gasteiger partial charge in [-0.25, -0.2) is 0 Å². The van der Waals surface area contributed by atoms with Crippen LogP contribution in [-0.4, -0.2) is 23.3 Å². The van der Waals surface area contributed by atoms with Gasteiger partial charge in [0.15, 0.2) is 5.12 Å². The molecule has 19 heavy (non-hydrogen) atoms. The number of hydrogen-bond acceptors (Lipinski definition) is 3. The molecule has 0 aromatic heterocycles. The van der Waals surface area contributed by atoms with Crippen LogP contribution in [-0.2, 0) is 9.59 Å². The number of rotatable bonds is 3. The van der Waals surface area contributed by atoms with Crippen molar-refractivity contribution in [2.75, 3.05) is 17.2 Å². The van der Waals surface area contributed by atoms with Crippen molar-refractivity contribution in [3.05, 3.63) is 29.8 Å². The van der Waals surface area contributed by atoms with Crippen LogP contribution in [0.5, 0.6) is 0 Å². The van der Waals surface area contributed by atoms with Gasteiger partial charge in [-0.05, 0) is 24.1 Å². The number of benzene rings is 1. The number of amides is 1. The molecule has 4 heteroatoms. The van der Waals surface area contributed by atoms with Crippen molar-refractivity contribution >= 4 is 28.5 Å². The van der Waals surface area contributed by atoms with Crippen LogP contribution in [0.4, 0.5) is 5.69 Å². The first kappa shape index (κ1) is 13.7. The lowest BCUT2D eigenvalue weighted by Crippen LogP contribution is -2.24. The van der Waals surface area contributed by atoms with Crippen molar-refractivity contribution in [1.82, 2.24) is 0 Å². The minimum Gasteiger partial charge on any atom is -0.312 e. The third-order valence-corrected chi connectivity index (χ3v) is 4.10. The molecule has 0 bridgehead atoms. The second-order valence-electron chi connectivity index (χ2n) is 4.57. The summed E-state index contributed by atoms with van der Waals surface area (Å²) < 4.78 is 0. The molecule has 3 nitrogen and oxygen atoms in total. The van der Waals surface area contributed by atoms with Gasteiger partial charge in [0.2, 0.25) is 5.91 Å². The predicted molar refractivity (Wildman–Crippen MR) is 78.0 cm³/mol. The summed E-state index contributed by atoms with van der Waals surface area (Å²) in [4.78, 5) is 24.7. The largest absolute Gasteiger partial charge is 0.312 e. The highest BCUT2D eigenvalue weighted by atomic mass is 32.2. The summed E-state index contributed by atoms with van der Waals surface area (Å²) in [5, 5.41) is 0.0974. The van der Waals surface area contributed by atoms with Crippen LogP contribution in [0, 0.1) is 18.3 Å². The Bertz CT molecular complexity index is 547. The van der Waals surface area contributed by atoms with E-state index in [9.17, 15) is 9.59 Å². The molecule has 0 spiro atoms. The zero-order valence-corrected chi connectivity index (χ0v) is 11.6. The molecule has 1 unspecified atom stereocenters. The molecular weight excluding hydrogens is 258 g/mol. The highest BCUT2D eigenvalue weighted by Gasteiger charge is 2.30. The Kier molecular flexibility index (Phi) is 4.28. The van der Waals surface area contributed by atoms with Crippen LogP contribution in [0.15, 0.2) is 24.3 Å². The van der Waals surface area contributed by atoms with Gasteiger partial charge in [-0.1, -0.05) is 23.7 Å². The van der Waals surface area contributed by atoms with Crippen LogP contribution >= 0.6 is 11.8 Å². The van der Waals surface area contributed by atoms with E-state index in [1.807, 2.05) is 24.3 Å². The molecule has 0 radical (unpaired) electrons. The van der Waals surface area contributed by atoms with E-state index in [1.54, 1.807) is 11.8 Å². The molecule has 1 aliphatic rings. The molecule has 1 fully saturated rings. The zero-order valence-electron chi connectivity index (χ0n) is 10.8. The Balaban J connectivity index is 2.07. The van der Waals surface area contributed by atoms with Crippen molar-refractivity contribution in [2.24, 2.45) is 5.92 Å². The number of terminal acetylenes is 1. The maximum atomic E-state index is 12.0. The molecular formula is C15H15NO2S. The number of nitrogens with zero attached hydrogens (tertiary/aromatic N) is 1. The molecule has 1 heterocycles. The first-order valence-electron chi connectivity index (χ1n) is 6.10. The van der Waals surface area contributed by atoms with E-state index in [-0.39, 0.29) is 16.9 Å². The van der Waals surface area contributed by atoms with Gasteiger partial charge in [0.05, 0.1) is 0 Å². The summed E-state index contributed by atoms with van der Waals surface area (Å²) in [5.74, 6) is 3.60. The van der Waals surface area contributed by atoms with Gasteiger partial charge in [-0.2, -0.15) is 0 Å². The topological polar surface area (TPSA) is 37.4 Å². The van der Waals surface area contributed by atoms with Gasteiger partial charge in [-0.15, -0.1) is 6.42 Å². The average Bonchev–Trinajstić information content (AvgIpc) is 2.78. The summed E-state index contributed by atoms with van der Waals surface area (Å²) in [7, 11) is 0. The van der Waals surface area contributed by atoms with Gasteiger partial charge in [0.1, 0.15) is 0 Å². The summed E-state index contributed by atoms with van der Waals surface area (Å²) in [5.41, 5.74) is 1.61. The monoisotopic (exact) mass is 273 g/mol. The minimum absolute atomic E-state index is 0.0974. The Morgan fingerprint density at radius 2 is 2.37 bits per heavy atom. The van der Waals surface area contributed by atoms with Crippen molar-refractivity contribution in [1.29, 1.82) is 0 Å². The van der Waals surface area contributed by atoms with E-state index in [1.165, 1.54) is 11.8 Å². The number of thioether (sulfide) groups is 1. The molecule has 2 rings (SSSR count). The van der Waals surface area contributed by atoms with Crippen molar-refractivity contribution in [2.45, 2.75) is 13.3 Å². The van der Waals surface area contributed by atoms with Crippen molar-refractivity contribution < 1.29 is 9.59 Å². The van der Waals surface area contributed by atoms with E-state index in [0.29, 0.717) is 18.7 Å². The van der Waals surface area contributed by atoms with Gasteiger partial charge < -0.3 is 4.90 Å². The Hall–Kier alpha value is -1.73. The normalized spacial score (nSPS) is 18.4. The third-order valence-electron chi connectivity index (χ3n) is 3.05. The first-order valence-corrected chi connectivity index (χ1v) is 7.09. The van der Waals surface area contributed by atoms with Gasteiger partial charge >= 0.3 is 0 Å². The summed E-state index contributed by atoms with van der Waals surface area (Å²) in [6, 6.07) is 7.43. The van der Waals surface area contributed by atoms with Gasteiger partial charge in [-0.3, -0.25) is 9.59 Å². The lowest BCUT2D eigenvalue weighted by Gasteiger charge is -2.16. The van der Waals surface area contributed by atoms with Gasteiger partial charge in [0, 0.05) is 36.9 Å². The smallest absolute Gasteiger partial charge is 0.227 e. The maximum absolute atomic E-state index is 12.0. The van der Waals surface area contributed by atoms with Gasteiger partial charge in [0.25, 0.3) is 0 Å². The second-order valence-corrected chi connectivity index (χ2v) is 5.77. The molecule has 1 aromatic carbocycles. The lowest BCUT2D eigenvalue weighted by molar-refractivity contribution is -0.117. The molecule has 1 aliphatic heterocycles. The van der Waals surface area contributed by atoms with Crippen LogP contribution in [0.25, 0.3) is 0 Å². The Morgan fingerprint density at radius 3 is 3.05 bits per heavy atom. The average molecular weight is 273 g/mol. The Labute approximate surface area is 117 Å². The quantitative estimate of drug-likeness (QED) is 0.793. The van der Waals surface area contributed by atoms with E-state index in [0.717, 1.165) is 11.3 Å². The number of carbonyl (C=O) groups is 2. The summed E-state index contributed by atoms with van der Waals surface area (Å²) >= 11 is 1.29. The highest BCUT2D eigenvalue weighted by molar-refractivity contribution is 8.13. The number of hydrogen-bond donors (Lipinski definition) is 0. The molecule has 1 saturated heterocycles. The van der Waals surface area contributed by atoms with E-state index in [2.05, 4.69) is 5.92 Å². The molecule has 1 atom stereocenters. The molecule has 0 saturated carbocycles. The summed E-state index contributed by atoms with van der Waals surface area (Å²) in [6.07, 6.45) is 5.87. The minimum atomic E-state index is 0.0974. The SMILES string of the molecule is C#Cc1cccc(N2CC(CSC(C)=O)CC2=O)c1. The van der Waals surface area contributed by atoms with Crippen LogP contribution in [0.3, 0.4) is 0 Å². The van der Waals surface area contributed by atoms with Crippen LogP contribution < -0.4 is 4.90 Å². The first-order chi connectivity index (χ1) is 9.10. The number of anilines is 1.